The smallest absolute Gasteiger partial charge is 0.343 e. The van der Waals surface area contributed by atoms with Crippen LogP contribution in [0.25, 0.3) is 10.9 Å². The highest BCUT2D eigenvalue weighted by molar-refractivity contribution is 5.80. The van der Waals surface area contributed by atoms with Crippen molar-refractivity contribution in [1.82, 2.24) is 24.6 Å². The molecule has 0 radical (unpaired) electrons. The van der Waals surface area contributed by atoms with E-state index in [9.17, 15) is 19.1 Å². The van der Waals surface area contributed by atoms with Crippen LogP contribution < -0.4 is 5.69 Å². The summed E-state index contributed by atoms with van der Waals surface area (Å²) in [4.78, 5) is 28.0. The molecule has 0 saturated carbocycles. The fourth-order valence-corrected chi connectivity index (χ4v) is 3.10. The maximum Gasteiger partial charge on any atom is 0.343 e. The Kier molecular flexibility index (Phi) is 3.24. The van der Waals surface area contributed by atoms with E-state index in [2.05, 4.69) is 15.2 Å². The molecule has 3 aromatic rings. The molecule has 8 nitrogen and oxygen atoms in total. The molecule has 24 heavy (non-hydrogen) atoms. The molecule has 1 atom stereocenters. The van der Waals surface area contributed by atoms with Crippen LogP contribution in [0.5, 0.6) is 0 Å². The van der Waals surface area contributed by atoms with Crippen molar-refractivity contribution in [3.05, 3.63) is 52.1 Å². The largest absolute Gasteiger partial charge is 0.480 e. The average molecular weight is 331 g/mol. The number of nitrogens with one attached hydrogen (secondary N) is 2. The molecule has 2 aromatic heterocycles. The van der Waals surface area contributed by atoms with Gasteiger partial charge in [-0.25, -0.2) is 14.3 Å². The summed E-state index contributed by atoms with van der Waals surface area (Å²) in [7, 11) is 0. The van der Waals surface area contributed by atoms with Crippen LogP contribution in [0.15, 0.2) is 29.1 Å². The molecule has 0 bridgehead atoms. The number of benzene rings is 1. The Morgan fingerprint density at radius 1 is 1.42 bits per heavy atom. The summed E-state index contributed by atoms with van der Waals surface area (Å²) in [6.07, 6.45) is 0. The SMILES string of the molecule is O=C(O)C1Cn2c(n[nH]c2=O)CN1Cc1cc2ccc(F)cc2[nH]1. The van der Waals surface area contributed by atoms with Crippen LogP contribution in [-0.2, 0) is 24.4 Å². The molecular formula is C15H14FN5O3. The highest BCUT2D eigenvalue weighted by atomic mass is 19.1. The zero-order valence-corrected chi connectivity index (χ0v) is 12.5. The number of fused-ring (bicyclic) bond motifs is 2. The second kappa shape index (κ2) is 5.31. The van der Waals surface area contributed by atoms with Crippen molar-refractivity contribution in [2.75, 3.05) is 0 Å². The first-order valence-electron chi connectivity index (χ1n) is 7.39. The number of aromatic nitrogens is 4. The van der Waals surface area contributed by atoms with E-state index in [1.54, 1.807) is 11.0 Å². The lowest BCUT2D eigenvalue weighted by atomic mass is 10.1. The van der Waals surface area contributed by atoms with Gasteiger partial charge in [0.2, 0.25) is 0 Å². The predicted octanol–water partition coefficient (Wildman–Crippen LogP) is 0.661. The van der Waals surface area contributed by atoms with Crippen molar-refractivity contribution in [1.29, 1.82) is 0 Å². The normalized spacial score (nSPS) is 18.0. The Bertz CT molecular complexity index is 989. The van der Waals surface area contributed by atoms with Crippen LogP contribution in [0, 0.1) is 5.82 Å². The van der Waals surface area contributed by atoms with Gasteiger partial charge < -0.3 is 10.1 Å². The van der Waals surface area contributed by atoms with Crippen LogP contribution >= 0.6 is 0 Å². The van der Waals surface area contributed by atoms with Gasteiger partial charge in [-0.2, -0.15) is 5.10 Å². The standard InChI is InChI=1S/C15H14FN5O3/c16-9-2-1-8-3-10(17-11(8)4-9)5-20-7-13-18-19-15(24)21(13)6-12(20)14(22)23/h1-4,12,17H,5-7H2,(H,19,24)(H,22,23). The number of carboxylic acids is 1. The van der Waals surface area contributed by atoms with E-state index in [0.717, 1.165) is 11.1 Å². The molecule has 1 aromatic carbocycles. The third kappa shape index (κ3) is 2.38. The molecule has 3 N–H and O–H groups in total. The Balaban J connectivity index is 1.66. The number of hydrogen-bond acceptors (Lipinski definition) is 4. The monoisotopic (exact) mass is 331 g/mol. The summed E-state index contributed by atoms with van der Waals surface area (Å²) >= 11 is 0. The van der Waals surface area contributed by atoms with Crippen LogP contribution in [0.4, 0.5) is 4.39 Å². The number of nitrogens with zero attached hydrogens (tertiary/aromatic N) is 3. The predicted molar refractivity (Wildman–Crippen MR) is 81.8 cm³/mol. The van der Waals surface area contributed by atoms with E-state index < -0.39 is 17.7 Å². The third-order valence-electron chi connectivity index (χ3n) is 4.28. The number of H-pyrrole nitrogens is 2. The summed E-state index contributed by atoms with van der Waals surface area (Å²) in [5.74, 6) is -0.839. The molecule has 0 spiro atoms. The van der Waals surface area contributed by atoms with Crippen molar-refractivity contribution in [2.45, 2.75) is 25.7 Å². The summed E-state index contributed by atoms with van der Waals surface area (Å²) in [5, 5.41) is 16.6. The minimum Gasteiger partial charge on any atom is -0.480 e. The van der Waals surface area contributed by atoms with Gasteiger partial charge in [-0.15, -0.1) is 0 Å². The number of carboxylic acid groups (broad SMARTS) is 1. The second-order valence-electron chi connectivity index (χ2n) is 5.84. The van der Waals surface area contributed by atoms with E-state index in [1.807, 2.05) is 6.07 Å². The maximum absolute atomic E-state index is 13.3. The first kappa shape index (κ1) is 14.6. The van der Waals surface area contributed by atoms with E-state index in [1.165, 1.54) is 16.7 Å². The molecular weight excluding hydrogens is 317 g/mol. The van der Waals surface area contributed by atoms with Crippen molar-refractivity contribution >= 4 is 16.9 Å². The lowest BCUT2D eigenvalue weighted by molar-refractivity contribution is -0.145. The molecule has 0 saturated heterocycles. The minimum atomic E-state index is -1.00. The number of aliphatic carboxylic acids is 1. The van der Waals surface area contributed by atoms with Crippen molar-refractivity contribution in [3.63, 3.8) is 0 Å². The van der Waals surface area contributed by atoms with E-state index in [4.69, 9.17) is 0 Å². The molecule has 0 aliphatic carbocycles. The van der Waals surface area contributed by atoms with Crippen LogP contribution in [0.3, 0.4) is 0 Å². The lowest BCUT2D eigenvalue weighted by Gasteiger charge is -2.32. The van der Waals surface area contributed by atoms with Gasteiger partial charge in [0.05, 0.1) is 13.1 Å². The average Bonchev–Trinajstić information content (AvgIpc) is 3.09. The molecule has 9 heteroatoms. The number of aromatic amines is 2. The van der Waals surface area contributed by atoms with E-state index >= 15 is 0 Å². The van der Waals surface area contributed by atoms with Gasteiger partial charge in [0.1, 0.15) is 17.7 Å². The Morgan fingerprint density at radius 3 is 3.04 bits per heavy atom. The van der Waals surface area contributed by atoms with Gasteiger partial charge in [0, 0.05) is 17.8 Å². The van der Waals surface area contributed by atoms with Crippen molar-refractivity contribution in [2.24, 2.45) is 0 Å². The Labute approximate surface area is 134 Å². The van der Waals surface area contributed by atoms with Gasteiger partial charge in [-0.1, -0.05) is 0 Å². The van der Waals surface area contributed by atoms with Gasteiger partial charge >= 0.3 is 11.7 Å². The summed E-state index contributed by atoms with van der Waals surface area (Å²) in [6, 6.07) is 5.47. The van der Waals surface area contributed by atoms with Gasteiger partial charge in [0.25, 0.3) is 0 Å². The van der Waals surface area contributed by atoms with Gasteiger partial charge in [-0.05, 0) is 29.7 Å². The zero-order valence-electron chi connectivity index (χ0n) is 12.5. The molecule has 4 rings (SSSR count). The Hall–Kier alpha value is -2.94. The number of halogens is 1. The maximum atomic E-state index is 13.3. The molecule has 3 heterocycles. The minimum absolute atomic E-state index is 0.0366. The highest BCUT2D eigenvalue weighted by Gasteiger charge is 2.33. The summed E-state index contributed by atoms with van der Waals surface area (Å²) in [5.41, 5.74) is 1.02. The molecule has 124 valence electrons. The fraction of sp³-hybridized carbons (Fsp3) is 0.267. The number of rotatable bonds is 3. The van der Waals surface area contributed by atoms with Crippen molar-refractivity contribution < 1.29 is 14.3 Å². The van der Waals surface area contributed by atoms with Gasteiger partial charge in [0.15, 0.2) is 0 Å². The van der Waals surface area contributed by atoms with Crippen molar-refractivity contribution in [3.8, 4) is 0 Å². The lowest BCUT2D eigenvalue weighted by Crippen LogP contribution is -2.49. The molecule has 1 aliphatic rings. The molecule has 1 unspecified atom stereocenters. The zero-order chi connectivity index (χ0) is 16.8. The summed E-state index contributed by atoms with van der Waals surface area (Å²) < 4.78 is 14.6. The van der Waals surface area contributed by atoms with Crippen LogP contribution in [0.2, 0.25) is 0 Å². The van der Waals surface area contributed by atoms with Gasteiger partial charge in [-0.3, -0.25) is 14.3 Å². The van der Waals surface area contributed by atoms with Crippen LogP contribution in [-0.4, -0.2) is 41.8 Å². The molecule has 0 amide bonds. The van der Waals surface area contributed by atoms with E-state index in [0.29, 0.717) is 17.9 Å². The topological polar surface area (TPSA) is 107 Å². The van der Waals surface area contributed by atoms with E-state index in [-0.39, 0.29) is 18.9 Å². The molecule has 1 aliphatic heterocycles. The highest BCUT2D eigenvalue weighted by Crippen LogP contribution is 2.21. The number of carbonyl (C=O) groups is 1. The second-order valence-corrected chi connectivity index (χ2v) is 5.84. The first-order valence-corrected chi connectivity index (χ1v) is 7.39. The Morgan fingerprint density at radius 2 is 2.25 bits per heavy atom. The fourth-order valence-electron chi connectivity index (χ4n) is 3.10. The first-order chi connectivity index (χ1) is 11.5. The van der Waals surface area contributed by atoms with Crippen LogP contribution in [0.1, 0.15) is 11.5 Å². The number of hydrogen-bond donors (Lipinski definition) is 3. The molecule has 0 fully saturated rings. The quantitative estimate of drug-likeness (QED) is 0.654. The third-order valence-corrected chi connectivity index (χ3v) is 4.28. The summed E-state index contributed by atoms with van der Waals surface area (Å²) in [6.45, 7) is 0.600.